The third kappa shape index (κ3) is 5.65. The van der Waals surface area contributed by atoms with Gasteiger partial charge in [0.05, 0.1) is 0 Å². The van der Waals surface area contributed by atoms with Crippen LogP contribution in [0.15, 0.2) is 97.1 Å². The van der Waals surface area contributed by atoms with E-state index in [0.29, 0.717) is 29.1 Å². The van der Waals surface area contributed by atoms with E-state index in [1.165, 1.54) is 24.0 Å². The van der Waals surface area contributed by atoms with E-state index in [9.17, 15) is 0 Å². The zero-order valence-electron chi connectivity index (χ0n) is 22.6. The van der Waals surface area contributed by atoms with Crippen LogP contribution in [0.5, 0.6) is 23.0 Å². The van der Waals surface area contributed by atoms with E-state index in [2.05, 4.69) is 69.3 Å². The Hall–Kier alpha value is -3.92. The van der Waals surface area contributed by atoms with Crippen LogP contribution in [0.2, 0.25) is 0 Å². The Morgan fingerprint density at radius 3 is 1.74 bits per heavy atom. The van der Waals surface area contributed by atoms with Gasteiger partial charge in [0.1, 0.15) is 23.0 Å². The molecule has 0 heterocycles. The van der Waals surface area contributed by atoms with E-state index in [-0.39, 0.29) is 5.41 Å². The second kappa shape index (κ2) is 10.8. The van der Waals surface area contributed by atoms with E-state index >= 15 is 0 Å². The second-order valence-corrected chi connectivity index (χ2v) is 11.2. The summed E-state index contributed by atoms with van der Waals surface area (Å²) in [4.78, 5) is 0. The average molecular weight is 507 g/mol. The maximum Gasteiger partial charge on any atom is 0.129 e. The Kier molecular flexibility index (Phi) is 7.33. The van der Waals surface area contributed by atoms with Gasteiger partial charge in [-0.15, -0.1) is 0 Å². The highest BCUT2D eigenvalue weighted by Crippen LogP contribution is 2.52. The molecule has 196 valence electrons. The minimum absolute atomic E-state index is 0.0251. The van der Waals surface area contributed by atoms with Crippen molar-refractivity contribution >= 4 is 11.4 Å². The van der Waals surface area contributed by atoms with Crippen LogP contribution >= 0.6 is 0 Å². The lowest BCUT2D eigenvalue weighted by Gasteiger charge is -2.46. The van der Waals surface area contributed by atoms with E-state index < -0.39 is 0 Å². The van der Waals surface area contributed by atoms with E-state index in [1.54, 1.807) is 0 Å². The molecule has 5 rings (SSSR count). The van der Waals surface area contributed by atoms with Crippen LogP contribution in [0, 0.1) is 11.8 Å². The Morgan fingerprint density at radius 1 is 0.711 bits per heavy atom. The predicted octanol–water partition coefficient (Wildman–Crippen LogP) is 8.93. The molecule has 4 aromatic rings. The molecule has 0 spiro atoms. The number of benzene rings is 4. The van der Waals surface area contributed by atoms with Crippen LogP contribution in [0.4, 0.5) is 11.4 Å². The molecule has 1 fully saturated rings. The van der Waals surface area contributed by atoms with Crippen molar-refractivity contribution in [2.24, 2.45) is 11.8 Å². The normalized spacial score (nSPS) is 21.3. The quantitative estimate of drug-likeness (QED) is 0.245. The summed E-state index contributed by atoms with van der Waals surface area (Å²) in [6, 6.07) is 32.4. The summed E-state index contributed by atoms with van der Waals surface area (Å²) in [5.41, 5.74) is 16.0. The van der Waals surface area contributed by atoms with Gasteiger partial charge in [0, 0.05) is 23.5 Å². The minimum atomic E-state index is 0.0251. The average Bonchev–Trinajstić information content (AvgIpc) is 2.90. The third-order valence-electron chi connectivity index (χ3n) is 8.27. The van der Waals surface area contributed by atoms with Gasteiger partial charge in [-0.25, -0.2) is 0 Å². The number of ether oxygens (including phenoxy) is 2. The highest BCUT2D eigenvalue weighted by Gasteiger charge is 2.42. The van der Waals surface area contributed by atoms with Crippen LogP contribution in [0.1, 0.15) is 57.1 Å². The zero-order valence-corrected chi connectivity index (χ0v) is 22.6. The van der Waals surface area contributed by atoms with Crippen molar-refractivity contribution in [2.75, 3.05) is 11.5 Å². The van der Waals surface area contributed by atoms with Crippen molar-refractivity contribution < 1.29 is 9.47 Å². The SMILES string of the molecule is CC(C)C1CCC(C)(c2ccc(Oc3cccc(N)c3)cc2)C(c2ccc(Oc3cccc(N)c3)cc2)C1. The highest BCUT2D eigenvalue weighted by atomic mass is 16.5. The van der Waals surface area contributed by atoms with Gasteiger partial charge in [-0.3, -0.25) is 0 Å². The minimum Gasteiger partial charge on any atom is -0.457 e. The van der Waals surface area contributed by atoms with Crippen molar-refractivity contribution in [3.05, 3.63) is 108 Å². The van der Waals surface area contributed by atoms with Crippen molar-refractivity contribution in [1.82, 2.24) is 0 Å². The smallest absolute Gasteiger partial charge is 0.129 e. The molecule has 0 aromatic heterocycles. The molecule has 0 amide bonds. The van der Waals surface area contributed by atoms with Gasteiger partial charge in [-0.05, 0) is 102 Å². The molecule has 1 saturated carbocycles. The highest BCUT2D eigenvalue weighted by molar-refractivity contribution is 5.47. The van der Waals surface area contributed by atoms with Crippen LogP contribution in [-0.2, 0) is 5.41 Å². The Morgan fingerprint density at radius 2 is 1.24 bits per heavy atom. The van der Waals surface area contributed by atoms with Crippen molar-refractivity contribution in [2.45, 2.75) is 51.4 Å². The summed E-state index contributed by atoms with van der Waals surface area (Å²) in [7, 11) is 0. The molecule has 4 heteroatoms. The van der Waals surface area contributed by atoms with Gasteiger partial charge in [0.25, 0.3) is 0 Å². The van der Waals surface area contributed by atoms with Crippen LogP contribution in [0.25, 0.3) is 0 Å². The van der Waals surface area contributed by atoms with Gasteiger partial charge in [0.15, 0.2) is 0 Å². The monoisotopic (exact) mass is 506 g/mol. The third-order valence-corrected chi connectivity index (χ3v) is 8.27. The molecule has 3 unspecified atom stereocenters. The largest absolute Gasteiger partial charge is 0.457 e. The molecular weight excluding hydrogens is 468 g/mol. The van der Waals surface area contributed by atoms with Gasteiger partial charge < -0.3 is 20.9 Å². The van der Waals surface area contributed by atoms with Gasteiger partial charge in [-0.2, -0.15) is 0 Å². The lowest BCUT2D eigenvalue weighted by Crippen LogP contribution is -2.37. The molecule has 0 bridgehead atoms. The van der Waals surface area contributed by atoms with Crippen molar-refractivity contribution in [3.8, 4) is 23.0 Å². The fourth-order valence-electron chi connectivity index (χ4n) is 5.90. The van der Waals surface area contributed by atoms with Crippen molar-refractivity contribution in [3.63, 3.8) is 0 Å². The number of nitrogen functional groups attached to an aromatic ring is 2. The first-order valence-corrected chi connectivity index (χ1v) is 13.6. The first kappa shape index (κ1) is 25.7. The zero-order chi connectivity index (χ0) is 26.7. The number of hydrogen-bond donors (Lipinski definition) is 2. The number of rotatable bonds is 7. The summed E-state index contributed by atoms with van der Waals surface area (Å²) < 4.78 is 12.1. The summed E-state index contributed by atoms with van der Waals surface area (Å²) >= 11 is 0. The molecule has 0 radical (unpaired) electrons. The van der Waals surface area contributed by atoms with Crippen LogP contribution in [0.3, 0.4) is 0 Å². The predicted molar refractivity (Wildman–Crippen MR) is 157 cm³/mol. The number of anilines is 2. The van der Waals surface area contributed by atoms with Crippen LogP contribution in [-0.4, -0.2) is 0 Å². The molecule has 1 aliphatic carbocycles. The summed E-state index contributed by atoms with van der Waals surface area (Å²) in [6.07, 6.45) is 3.56. The molecule has 0 aliphatic heterocycles. The van der Waals surface area contributed by atoms with Crippen LogP contribution < -0.4 is 20.9 Å². The Bertz CT molecular complexity index is 1360. The fourth-order valence-corrected chi connectivity index (χ4v) is 5.90. The van der Waals surface area contributed by atoms with Gasteiger partial charge >= 0.3 is 0 Å². The maximum absolute atomic E-state index is 6.07. The molecule has 1 aliphatic rings. The molecule has 4 nitrogen and oxygen atoms in total. The molecule has 0 saturated heterocycles. The summed E-state index contributed by atoms with van der Waals surface area (Å²) in [5.74, 6) is 4.93. The maximum atomic E-state index is 6.07. The van der Waals surface area contributed by atoms with Crippen molar-refractivity contribution in [1.29, 1.82) is 0 Å². The number of nitrogens with two attached hydrogens (primary N) is 2. The van der Waals surface area contributed by atoms with Gasteiger partial charge in [0.2, 0.25) is 0 Å². The lowest BCUT2D eigenvalue weighted by atomic mass is 9.58. The van der Waals surface area contributed by atoms with E-state index in [1.807, 2.05) is 48.5 Å². The summed E-state index contributed by atoms with van der Waals surface area (Å²) in [6.45, 7) is 7.14. The lowest BCUT2D eigenvalue weighted by molar-refractivity contribution is 0.172. The molecular formula is C34H38N2O2. The van der Waals surface area contributed by atoms with E-state index in [4.69, 9.17) is 20.9 Å². The topological polar surface area (TPSA) is 70.5 Å². The van der Waals surface area contributed by atoms with E-state index in [0.717, 1.165) is 29.4 Å². The fraction of sp³-hybridized carbons (Fsp3) is 0.294. The molecule has 38 heavy (non-hydrogen) atoms. The summed E-state index contributed by atoms with van der Waals surface area (Å²) in [5, 5.41) is 0. The Labute approximate surface area is 226 Å². The molecule has 4 N–H and O–H groups in total. The second-order valence-electron chi connectivity index (χ2n) is 11.2. The first-order chi connectivity index (χ1) is 18.3. The standard InChI is InChI=1S/C34H38N2O2/c1-23(2)25-18-19-34(3,26-12-16-30(17-13-26)38-32-9-5-7-28(36)22-32)33(20-25)24-10-14-29(15-11-24)37-31-8-4-6-27(35)21-31/h4-17,21-23,25,33H,18-20,35-36H2,1-3H3. The molecule has 3 atom stereocenters. The Balaban J connectivity index is 1.39. The first-order valence-electron chi connectivity index (χ1n) is 13.6. The molecule has 4 aromatic carbocycles. The van der Waals surface area contributed by atoms with Gasteiger partial charge in [-0.1, -0.05) is 57.2 Å². The number of hydrogen-bond acceptors (Lipinski definition) is 4.